The Morgan fingerprint density at radius 2 is 2.45 bits per heavy atom. The lowest BCUT2D eigenvalue weighted by Gasteiger charge is -1.98. The van der Waals surface area contributed by atoms with Crippen molar-refractivity contribution in [1.82, 2.24) is 0 Å². The highest BCUT2D eigenvalue weighted by molar-refractivity contribution is 7.12. The average molecular weight is 170 g/mol. The first-order valence-corrected chi connectivity index (χ1v) is 3.93. The SMILES string of the molecule is N#Cc1ccc(C(F)CN)s1. The molecule has 0 aliphatic heterocycles. The van der Waals surface area contributed by atoms with Crippen LogP contribution in [0.3, 0.4) is 0 Å². The molecule has 1 rings (SSSR count). The van der Waals surface area contributed by atoms with Crippen LogP contribution < -0.4 is 5.73 Å². The molecule has 2 nitrogen and oxygen atoms in total. The van der Waals surface area contributed by atoms with E-state index in [1.807, 2.05) is 6.07 Å². The molecule has 0 aromatic carbocycles. The van der Waals surface area contributed by atoms with E-state index in [0.717, 1.165) is 11.3 Å². The molecule has 1 aromatic rings. The number of hydrogen-bond acceptors (Lipinski definition) is 3. The third-order valence-electron chi connectivity index (χ3n) is 1.25. The van der Waals surface area contributed by atoms with E-state index in [1.165, 1.54) is 0 Å². The van der Waals surface area contributed by atoms with E-state index in [2.05, 4.69) is 0 Å². The van der Waals surface area contributed by atoms with E-state index >= 15 is 0 Å². The fourth-order valence-electron chi connectivity index (χ4n) is 0.697. The summed E-state index contributed by atoms with van der Waals surface area (Å²) in [4.78, 5) is 1.06. The van der Waals surface area contributed by atoms with Crippen molar-refractivity contribution in [2.45, 2.75) is 6.17 Å². The molecule has 11 heavy (non-hydrogen) atoms. The lowest BCUT2D eigenvalue weighted by Crippen LogP contribution is -2.05. The third kappa shape index (κ3) is 1.76. The van der Waals surface area contributed by atoms with Crippen molar-refractivity contribution in [2.75, 3.05) is 6.54 Å². The molecule has 0 saturated carbocycles. The maximum absolute atomic E-state index is 12.8. The Morgan fingerprint density at radius 3 is 2.91 bits per heavy atom. The summed E-state index contributed by atoms with van der Waals surface area (Å²) in [6.45, 7) is -0.0224. The number of rotatable bonds is 2. The van der Waals surface area contributed by atoms with Crippen LogP contribution in [0.4, 0.5) is 4.39 Å². The highest BCUT2D eigenvalue weighted by Crippen LogP contribution is 2.24. The predicted molar refractivity (Wildman–Crippen MR) is 41.9 cm³/mol. The van der Waals surface area contributed by atoms with Gasteiger partial charge >= 0.3 is 0 Å². The molecular formula is C7H7FN2S. The van der Waals surface area contributed by atoms with Gasteiger partial charge in [-0.25, -0.2) is 4.39 Å². The minimum absolute atomic E-state index is 0.0224. The molecule has 1 aromatic heterocycles. The first-order valence-electron chi connectivity index (χ1n) is 3.12. The summed E-state index contributed by atoms with van der Waals surface area (Å²) in [7, 11) is 0. The van der Waals surface area contributed by atoms with Gasteiger partial charge in [0.15, 0.2) is 0 Å². The van der Waals surface area contributed by atoms with E-state index in [9.17, 15) is 4.39 Å². The van der Waals surface area contributed by atoms with Gasteiger partial charge < -0.3 is 5.73 Å². The van der Waals surface area contributed by atoms with Crippen molar-refractivity contribution in [2.24, 2.45) is 5.73 Å². The first-order chi connectivity index (χ1) is 5.27. The minimum Gasteiger partial charge on any atom is -0.327 e. The minimum atomic E-state index is -1.12. The maximum atomic E-state index is 12.8. The average Bonchev–Trinajstić information content (AvgIpc) is 2.50. The molecule has 4 heteroatoms. The van der Waals surface area contributed by atoms with Crippen molar-refractivity contribution in [3.05, 3.63) is 21.9 Å². The van der Waals surface area contributed by atoms with Crippen LogP contribution in [0.2, 0.25) is 0 Å². The van der Waals surface area contributed by atoms with Crippen LogP contribution in [0.25, 0.3) is 0 Å². The van der Waals surface area contributed by atoms with Gasteiger partial charge in [-0.2, -0.15) is 5.26 Å². The molecule has 0 fully saturated rings. The summed E-state index contributed by atoms with van der Waals surface area (Å²) < 4.78 is 12.8. The summed E-state index contributed by atoms with van der Waals surface area (Å²) in [6.07, 6.45) is -1.12. The molecule has 58 valence electrons. The maximum Gasteiger partial charge on any atom is 0.146 e. The molecule has 0 saturated heterocycles. The lowest BCUT2D eigenvalue weighted by atomic mass is 10.3. The monoisotopic (exact) mass is 170 g/mol. The van der Waals surface area contributed by atoms with E-state index in [4.69, 9.17) is 11.0 Å². The van der Waals surface area contributed by atoms with Gasteiger partial charge in [0.2, 0.25) is 0 Å². The zero-order chi connectivity index (χ0) is 8.27. The molecule has 0 aliphatic carbocycles. The van der Waals surface area contributed by atoms with Gasteiger partial charge in [0.25, 0.3) is 0 Å². The second-order valence-electron chi connectivity index (χ2n) is 2.02. The Bertz CT molecular complexity index is 276. The van der Waals surface area contributed by atoms with Crippen molar-refractivity contribution >= 4 is 11.3 Å². The van der Waals surface area contributed by atoms with Crippen LogP contribution in [0, 0.1) is 11.3 Å². The smallest absolute Gasteiger partial charge is 0.146 e. The topological polar surface area (TPSA) is 49.8 Å². The van der Waals surface area contributed by atoms with Crippen molar-refractivity contribution in [1.29, 1.82) is 5.26 Å². The Kier molecular flexibility index (Phi) is 2.58. The Balaban J connectivity index is 2.82. The Labute approximate surface area is 68.1 Å². The summed E-state index contributed by atoms with van der Waals surface area (Å²) in [5.41, 5.74) is 5.10. The van der Waals surface area contributed by atoms with Crippen LogP contribution in [0.15, 0.2) is 12.1 Å². The van der Waals surface area contributed by atoms with Gasteiger partial charge in [-0.05, 0) is 12.1 Å². The van der Waals surface area contributed by atoms with Crippen LogP contribution >= 0.6 is 11.3 Å². The van der Waals surface area contributed by atoms with Gasteiger partial charge in [-0.3, -0.25) is 0 Å². The van der Waals surface area contributed by atoms with Crippen molar-refractivity contribution in [3.8, 4) is 6.07 Å². The highest BCUT2D eigenvalue weighted by Gasteiger charge is 2.09. The number of alkyl halides is 1. The molecule has 1 unspecified atom stereocenters. The van der Waals surface area contributed by atoms with E-state index in [0.29, 0.717) is 9.75 Å². The number of hydrogen-bond donors (Lipinski definition) is 1. The van der Waals surface area contributed by atoms with E-state index in [-0.39, 0.29) is 6.54 Å². The quantitative estimate of drug-likeness (QED) is 0.732. The molecule has 0 amide bonds. The first kappa shape index (κ1) is 8.18. The zero-order valence-electron chi connectivity index (χ0n) is 5.75. The molecule has 0 bridgehead atoms. The van der Waals surface area contributed by atoms with Gasteiger partial charge in [0.1, 0.15) is 17.1 Å². The highest BCUT2D eigenvalue weighted by atomic mass is 32.1. The van der Waals surface area contributed by atoms with Gasteiger partial charge in [0, 0.05) is 11.4 Å². The zero-order valence-corrected chi connectivity index (χ0v) is 6.57. The predicted octanol–water partition coefficient (Wildman–Crippen LogP) is 1.59. The normalized spacial score (nSPS) is 12.5. The van der Waals surface area contributed by atoms with E-state index < -0.39 is 6.17 Å². The summed E-state index contributed by atoms with van der Waals surface area (Å²) in [5, 5.41) is 8.41. The molecule has 0 spiro atoms. The number of halogens is 1. The van der Waals surface area contributed by atoms with E-state index in [1.54, 1.807) is 12.1 Å². The Hall–Kier alpha value is -0.920. The fourth-order valence-corrected chi connectivity index (χ4v) is 1.49. The molecule has 0 radical (unpaired) electrons. The number of nitrogens with zero attached hydrogens (tertiary/aromatic N) is 1. The van der Waals surface area contributed by atoms with Crippen LogP contribution in [0.5, 0.6) is 0 Å². The fraction of sp³-hybridized carbons (Fsp3) is 0.286. The van der Waals surface area contributed by atoms with Crippen LogP contribution in [-0.2, 0) is 0 Å². The molecular weight excluding hydrogens is 163 g/mol. The molecule has 1 heterocycles. The van der Waals surface area contributed by atoms with Gasteiger partial charge in [0.05, 0.1) is 0 Å². The third-order valence-corrected chi connectivity index (χ3v) is 2.33. The van der Waals surface area contributed by atoms with Crippen molar-refractivity contribution < 1.29 is 4.39 Å². The summed E-state index contributed by atoms with van der Waals surface area (Å²) >= 11 is 1.15. The number of nitriles is 1. The molecule has 0 aliphatic rings. The summed E-state index contributed by atoms with van der Waals surface area (Å²) in [5.74, 6) is 0. The number of thiophene rings is 1. The van der Waals surface area contributed by atoms with Crippen LogP contribution in [-0.4, -0.2) is 6.54 Å². The second-order valence-corrected chi connectivity index (χ2v) is 3.13. The largest absolute Gasteiger partial charge is 0.327 e. The van der Waals surface area contributed by atoms with Crippen LogP contribution in [0.1, 0.15) is 15.9 Å². The lowest BCUT2D eigenvalue weighted by molar-refractivity contribution is 0.358. The number of nitrogens with two attached hydrogens (primary N) is 1. The van der Waals surface area contributed by atoms with Gasteiger partial charge in [-0.1, -0.05) is 0 Å². The molecule has 2 N–H and O–H groups in total. The van der Waals surface area contributed by atoms with Crippen molar-refractivity contribution in [3.63, 3.8) is 0 Å². The molecule has 1 atom stereocenters. The Morgan fingerprint density at radius 1 is 1.73 bits per heavy atom. The second kappa shape index (κ2) is 3.46. The standard InChI is InChI=1S/C7H7FN2S/c8-6(4-10)7-2-1-5(3-9)11-7/h1-2,6H,4,10H2. The van der Waals surface area contributed by atoms with Gasteiger partial charge in [-0.15, -0.1) is 11.3 Å². The summed E-state index contributed by atoms with van der Waals surface area (Å²) in [6, 6.07) is 5.13.